The van der Waals surface area contributed by atoms with Crippen molar-refractivity contribution in [3.05, 3.63) is 36.4 Å². The number of benzene rings is 2. The van der Waals surface area contributed by atoms with Gasteiger partial charge in [-0.3, -0.25) is 0 Å². The molecule has 1 saturated heterocycles. The van der Waals surface area contributed by atoms with Crippen molar-refractivity contribution in [3.63, 3.8) is 0 Å². The standard InChI is InChI=1S/C16H19O2S.CHF3O3S/c1-17-12-18-15-8-9-16(19-10-4-5-11-19)14-7-3-2-6-13(14)15;2-1(3,4)8(5,6)7/h2-3,6-9H,4-5,10-12H2,1H3;(H,5,6,7)/q+1;/p-1. The highest BCUT2D eigenvalue weighted by Crippen LogP contribution is 2.34. The lowest BCUT2D eigenvalue weighted by molar-refractivity contribution is -0.0517. The van der Waals surface area contributed by atoms with Crippen LogP contribution in [0.3, 0.4) is 0 Å². The Hall–Kier alpha value is -1.49. The SMILES string of the molecule is COCOc1ccc([S+]2CCCC2)c2ccccc12.O=S(=O)([O-])C(F)(F)F. The Kier molecular flexibility index (Phi) is 7.38. The van der Waals surface area contributed by atoms with Crippen LogP contribution in [0.25, 0.3) is 10.8 Å². The molecule has 3 rings (SSSR count). The van der Waals surface area contributed by atoms with Gasteiger partial charge in [0, 0.05) is 28.8 Å². The fourth-order valence-corrected chi connectivity index (χ4v) is 5.12. The third kappa shape index (κ3) is 5.74. The molecule has 0 amide bonds. The quantitative estimate of drug-likeness (QED) is 0.324. The predicted molar refractivity (Wildman–Crippen MR) is 96.8 cm³/mol. The molecule has 1 fully saturated rings. The third-order valence-corrected chi connectivity index (χ3v) is 6.91. The van der Waals surface area contributed by atoms with Crippen LogP contribution < -0.4 is 4.74 Å². The summed E-state index contributed by atoms with van der Waals surface area (Å²) in [6.07, 6.45) is 2.75. The van der Waals surface area contributed by atoms with Gasteiger partial charge in [0.05, 0.1) is 0 Å². The minimum Gasteiger partial charge on any atom is -0.741 e. The summed E-state index contributed by atoms with van der Waals surface area (Å²) in [5.41, 5.74) is -5.65. The summed E-state index contributed by atoms with van der Waals surface area (Å²) in [6, 6.07) is 12.9. The fourth-order valence-electron chi connectivity index (χ4n) is 2.62. The van der Waals surface area contributed by atoms with Gasteiger partial charge in [0.25, 0.3) is 0 Å². The highest BCUT2D eigenvalue weighted by atomic mass is 32.2. The van der Waals surface area contributed by atoms with E-state index < -0.39 is 15.6 Å². The molecule has 5 nitrogen and oxygen atoms in total. The van der Waals surface area contributed by atoms with E-state index in [1.54, 1.807) is 7.11 Å². The molecule has 0 aromatic heterocycles. The maximum atomic E-state index is 10.7. The van der Waals surface area contributed by atoms with Gasteiger partial charge in [-0.1, -0.05) is 18.2 Å². The molecule has 1 aliphatic heterocycles. The molecule has 0 N–H and O–H groups in total. The second-order valence-electron chi connectivity index (χ2n) is 5.67. The van der Waals surface area contributed by atoms with E-state index in [1.807, 2.05) is 0 Å². The van der Waals surface area contributed by atoms with E-state index in [4.69, 9.17) is 22.4 Å². The molecule has 1 aliphatic rings. The summed E-state index contributed by atoms with van der Waals surface area (Å²) in [5.74, 6) is 3.62. The summed E-state index contributed by atoms with van der Waals surface area (Å²) in [6.45, 7) is 0.301. The van der Waals surface area contributed by atoms with Gasteiger partial charge in [0.15, 0.2) is 21.8 Å². The highest BCUT2D eigenvalue weighted by Gasteiger charge is 2.37. The van der Waals surface area contributed by atoms with E-state index in [0.717, 1.165) is 5.75 Å². The number of hydrogen-bond donors (Lipinski definition) is 0. The lowest BCUT2D eigenvalue weighted by atomic mass is 10.1. The van der Waals surface area contributed by atoms with Crippen LogP contribution >= 0.6 is 0 Å². The van der Waals surface area contributed by atoms with Gasteiger partial charge in [-0.15, -0.1) is 0 Å². The van der Waals surface area contributed by atoms with Crippen LogP contribution in [0.15, 0.2) is 41.3 Å². The third-order valence-electron chi connectivity index (χ3n) is 3.80. The molecule has 0 saturated carbocycles. The van der Waals surface area contributed by atoms with Crippen molar-refractivity contribution < 1.29 is 35.6 Å². The molecular weight excluding hydrogens is 405 g/mol. The van der Waals surface area contributed by atoms with Gasteiger partial charge in [0.1, 0.15) is 17.3 Å². The lowest BCUT2D eigenvalue weighted by Gasteiger charge is -2.11. The first-order valence-corrected chi connectivity index (χ1v) is 11.0. The topological polar surface area (TPSA) is 75.7 Å². The van der Waals surface area contributed by atoms with Gasteiger partial charge < -0.3 is 14.0 Å². The second kappa shape index (κ2) is 9.13. The molecular formula is C17H19F3O5S2. The summed E-state index contributed by atoms with van der Waals surface area (Å²) in [7, 11) is -4.01. The Morgan fingerprint density at radius 1 is 1.07 bits per heavy atom. The van der Waals surface area contributed by atoms with Crippen molar-refractivity contribution in [2.24, 2.45) is 0 Å². The van der Waals surface area contributed by atoms with Crippen LogP contribution in [0.2, 0.25) is 0 Å². The Labute approximate surface area is 158 Å². The first kappa shape index (κ1) is 21.8. The average Bonchev–Trinajstić information content (AvgIpc) is 3.13. The van der Waals surface area contributed by atoms with Crippen molar-refractivity contribution in [1.29, 1.82) is 0 Å². The predicted octanol–water partition coefficient (Wildman–Crippen LogP) is 3.64. The maximum Gasteiger partial charge on any atom is 0.485 e. The second-order valence-corrected chi connectivity index (χ2v) is 9.28. The summed E-state index contributed by atoms with van der Waals surface area (Å²) in [5, 5.41) is 2.55. The van der Waals surface area contributed by atoms with Gasteiger partial charge in [-0.25, -0.2) is 8.42 Å². The van der Waals surface area contributed by atoms with Gasteiger partial charge >= 0.3 is 5.51 Å². The summed E-state index contributed by atoms with van der Waals surface area (Å²) in [4.78, 5) is 1.51. The van der Waals surface area contributed by atoms with Gasteiger partial charge in [-0.2, -0.15) is 13.2 Å². The molecule has 10 heteroatoms. The van der Waals surface area contributed by atoms with E-state index in [9.17, 15) is 13.2 Å². The average molecular weight is 424 g/mol. The van der Waals surface area contributed by atoms with Gasteiger partial charge in [0.2, 0.25) is 0 Å². The van der Waals surface area contributed by atoms with Crippen molar-refractivity contribution in [1.82, 2.24) is 0 Å². The largest absolute Gasteiger partial charge is 0.741 e. The first-order valence-electron chi connectivity index (χ1n) is 7.98. The molecule has 2 aromatic carbocycles. The zero-order valence-electron chi connectivity index (χ0n) is 14.5. The van der Waals surface area contributed by atoms with Crippen LogP contribution in [0, 0.1) is 0 Å². The summed E-state index contributed by atoms with van der Waals surface area (Å²) < 4.78 is 69.6. The number of hydrogen-bond acceptors (Lipinski definition) is 5. The lowest BCUT2D eigenvalue weighted by Crippen LogP contribution is -2.21. The zero-order valence-corrected chi connectivity index (χ0v) is 16.1. The van der Waals surface area contributed by atoms with Crippen LogP contribution in [0.4, 0.5) is 13.2 Å². The molecule has 150 valence electrons. The van der Waals surface area contributed by atoms with Crippen LogP contribution in [0.5, 0.6) is 5.75 Å². The van der Waals surface area contributed by atoms with E-state index >= 15 is 0 Å². The number of rotatable bonds is 4. The van der Waals surface area contributed by atoms with Crippen LogP contribution in [0.1, 0.15) is 12.8 Å². The summed E-state index contributed by atoms with van der Waals surface area (Å²) >= 11 is 0. The number of ether oxygens (including phenoxy) is 2. The Morgan fingerprint density at radius 3 is 2.15 bits per heavy atom. The zero-order chi connectivity index (χ0) is 20.1. The fraction of sp³-hybridized carbons (Fsp3) is 0.412. The van der Waals surface area contributed by atoms with E-state index in [0.29, 0.717) is 17.7 Å². The van der Waals surface area contributed by atoms with Crippen molar-refractivity contribution in [3.8, 4) is 5.75 Å². The van der Waals surface area contributed by atoms with E-state index in [2.05, 4.69) is 36.4 Å². The number of fused-ring (bicyclic) bond motifs is 1. The molecule has 0 aliphatic carbocycles. The molecule has 2 aromatic rings. The Morgan fingerprint density at radius 2 is 1.63 bits per heavy atom. The molecule has 27 heavy (non-hydrogen) atoms. The smallest absolute Gasteiger partial charge is 0.485 e. The van der Waals surface area contributed by atoms with Crippen LogP contribution in [-0.2, 0) is 25.7 Å². The van der Waals surface area contributed by atoms with E-state index in [-0.39, 0.29) is 0 Å². The van der Waals surface area contributed by atoms with Crippen molar-refractivity contribution in [2.75, 3.05) is 25.4 Å². The monoisotopic (exact) mass is 424 g/mol. The maximum absolute atomic E-state index is 10.7. The van der Waals surface area contributed by atoms with Gasteiger partial charge in [-0.05, 0) is 31.0 Å². The number of halogens is 3. The molecule has 0 spiro atoms. The molecule has 1 heterocycles. The minimum atomic E-state index is -6.09. The molecule has 0 unspecified atom stereocenters. The molecule has 0 atom stereocenters. The number of alkyl halides is 3. The van der Waals surface area contributed by atoms with Crippen molar-refractivity contribution in [2.45, 2.75) is 23.2 Å². The number of methoxy groups -OCH3 is 1. The minimum absolute atomic E-state index is 0.301. The Bertz CT molecular complexity index is 862. The van der Waals surface area contributed by atoms with E-state index in [1.165, 1.54) is 40.0 Å². The molecule has 0 radical (unpaired) electrons. The highest BCUT2D eigenvalue weighted by molar-refractivity contribution is 7.97. The first-order chi connectivity index (χ1) is 12.6. The molecule has 0 bridgehead atoms. The van der Waals surface area contributed by atoms with Crippen molar-refractivity contribution >= 4 is 31.8 Å². The van der Waals surface area contributed by atoms with Crippen LogP contribution in [-0.4, -0.2) is 43.9 Å². The Balaban J connectivity index is 0.000000279. The normalized spacial score (nSPS) is 15.4.